The Morgan fingerprint density at radius 3 is 2.85 bits per heavy atom. The summed E-state index contributed by atoms with van der Waals surface area (Å²) in [6.45, 7) is 6.67. The van der Waals surface area contributed by atoms with Crippen molar-refractivity contribution in [2.45, 2.75) is 40.2 Å². The molecule has 8 heteroatoms. The summed E-state index contributed by atoms with van der Waals surface area (Å²) in [6, 6.07) is 5.50. The average Bonchev–Trinajstić information content (AvgIpc) is 3.21. The van der Waals surface area contributed by atoms with Gasteiger partial charge >= 0.3 is 0 Å². The zero-order chi connectivity index (χ0) is 18.5. The molecule has 0 fully saturated rings. The van der Waals surface area contributed by atoms with E-state index < -0.39 is 0 Å². The maximum Gasteiger partial charge on any atom is 0.241 e. The molecule has 0 unspecified atom stereocenters. The quantitative estimate of drug-likeness (QED) is 0.695. The third-order valence-corrected chi connectivity index (χ3v) is 4.20. The van der Waals surface area contributed by atoms with Crippen molar-refractivity contribution in [3.05, 3.63) is 47.2 Å². The number of aryl methyl sites for hydroxylation is 1. The Morgan fingerprint density at radius 1 is 1.31 bits per heavy atom. The van der Waals surface area contributed by atoms with Crippen molar-refractivity contribution in [3.8, 4) is 11.5 Å². The topological polar surface area (TPSA) is 98.7 Å². The van der Waals surface area contributed by atoms with E-state index in [2.05, 4.69) is 32.5 Å². The minimum Gasteiger partial charge on any atom is -0.354 e. The van der Waals surface area contributed by atoms with E-state index in [1.54, 1.807) is 10.9 Å². The van der Waals surface area contributed by atoms with Crippen molar-refractivity contribution in [3.63, 3.8) is 0 Å². The fourth-order valence-corrected chi connectivity index (χ4v) is 2.86. The van der Waals surface area contributed by atoms with E-state index in [-0.39, 0.29) is 12.5 Å². The first-order chi connectivity index (χ1) is 12.6. The van der Waals surface area contributed by atoms with Gasteiger partial charge in [0.25, 0.3) is 0 Å². The maximum atomic E-state index is 12.1. The molecule has 1 amide bonds. The fourth-order valence-electron chi connectivity index (χ4n) is 2.86. The van der Waals surface area contributed by atoms with Crippen molar-refractivity contribution < 1.29 is 9.32 Å². The summed E-state index contributed by atoms with van der Waals surface area (Å²) in [5.74, 6) is 0.815. The molecule has 0 aromatic carbocycles. The van der Waals surface area contributed by atoms with Crippen LogP contribution in [0.2, 0.25) is 0 Å². The number of amides is 1. The first-order valence-electron chi connectivity index (χ1n) is 8.62. The molecular weight excluding hydrogens is 332 g/mol. The number of nitrogens with one attached hydrogen (secondary N) is 1. The van der Waals surface area contributed by atoms with Crippen LogP contribution in [0.1, 0.15) is 29.8 Å². The summed E-state index contributed by atoms with van der Waals surface area (Å²) in [7, 11) is 0. The summed E-state index contributed by atoms with van der Waals surface area (Å²) < 4.78 is 6.95. The number of rotatable bonds is 7. The lowest BCUT2D eigenvalue weighted by Gasteiger charge is -2.06. The van der Waals surface area contributed by atoms with Crippen LogP contribution in [-0.4, -0.2) is 37.4 Å². The second-order valence-corrected chi connectivity index (χ2v) is 5.99. The van der Waals surface area contributed by atoms with Crippen LogP contribution in [-0.2, 0) is 24.2 Å². The average molecular weight is 354 g/mol. The smallest absolute Gasteiger partial charge is 0.241 e. The van der Waals surface area contributed by atoms with Crippen molar-refractivity contribution >= 4 is 5.91 Å². The Labute approximate surface area is 151 Å². The van der Waals surface area contributed by atoms with Crippen LogP contribution in [0.15, 0.2) is 28.9 Å². The van der Waals surface area contributed by atoms with Gasteiger partial charge in [0.2, 0.25) is 17.6 Å². The van der Waals surface area contributed by atoms with Crippen LogP contribution in [0, 0.1) is 13.8 Å². The maximum absolute atomic E-state index is 12.1. The highest BCUT2D eigenvalue weighted by atomic mass is 16.5. The van der Waals surface area contributed by atoms with Crippen LogP contribution < -0.4 is 5.32 Å². The Hall–Kier alpha value is -3.03. The third kappa shape index (κ3) is 3.96. The van der Waals surface area contributed by atoms with E-state index in [1.807, 2.05) is 32.0 Å². The monoisotopic (exact) mass is 354 g/mol. The van der Waals surface area contributed by atoms with Gasteiger partial charge in [-0.3, -0.25) is 14.5 Å². The van der Waals surface area contributed by atoms with Gasteiger partial charge in [-0.2, -0.15) is 10.1 Å². The molecule has 3 aromatic rings. The molecule has 3 heterocycles. The molecule has 0 saturated heterocycles. The van der Waals surface area contributed by atoms with E-state index in [1.165, 1.54) is 5.56 Å². The van der Waals surface area contributed by atoms with Gasteiger partial charge in [0.05, 0.1) is 5.69 Å². The lowest BCUT2D eigenvalue weighted by molar-refractivity contribution is -0.121. The minimum atomic E-state index is -0.0947. The Morgan fingerprint density at radius 2 is 2.15 bits per heavy atom. The van der Waals surface area contributed by atoms with E-state index in [4.69, 9.17) is 4.52 Å². The van der Waals surface area contributed by atoms with Gasteiger partial charge in [0, 0.05) is 24.9 Å². The summed E-state index contributed by atoms with van der Waals surface area (Å²) >= 11 is 0. The summed E-state index contributed by atoms with van der Waals surface area (Å²) in [5.41, 5.74) is 3.87. The molecule has 136 valence electrons. The third-order valence-electron chi connectivity index (χ3n) is 4.20. The molecule has 3 aromatic heterocycles. The summed E-state index contributed by atoms with van der Waals surface area (Å²) in [4.78, 5) is 20.6. The molecule has 0 aliphatic heterocycles. The highest BCUT2D eigenvalue weighted by Crippen LogP contribution is 2.13. The Balaban J connectivity index is 1.51. The fraction of sp³-hybridized carbons (Fsp3) is 0.389. The van der Waals surface area contributed by atoms with Crippen molar-refractivity contribution in [1.82, 2.24) is 30.2 Å². The molecule has 0 radical (unpaired) electrons. The Bertz CT molecular complexity index is 884. The van der Waals surface area contributed by atoms with Gasteiger partial charge in [-0.05, 0) is 38.0 Å². The van der Waals surface area contributed by atoms with Gasteiger partial charge in [0.15, 0.2) is 0 Å². The highest BCUT2D eigenvalue weighted by Gasteiger charge is 2.13. The molecule has 8 nitrogen and oxygen atoms in total. The predicted octanol–water partition coefficient (Wildman–Crippen LogP) is 1.87. The molecule has 3 rings (SSSR count). The van der Waals surface area contributed by atoms with E-state index in [9.17, 15) is 4.79 Å². The van der Waals surface area contributed by atoms with Crippen LogP contribution >= 0.6 is 0 Å². The zero-order valence-corrected chi connectivity index (χ0v) is 15.2. The summed E-state index contributed by atoms with van der Waals surface area (Å²) in [6.07, 6.45) is 3.05. The molecule has 1 N–H and O–H groups in total. The van der Waals surface area contributed by atoms with E-state index >= 15 is 0 Å². The van der Waals surface area contributed by atoms with Crippen molar-refractivity contribution in [2.24, 2.45) is 0 Å². The number of carbonyl (C=O) groups is 1. The molecule has 26 heavy (non-hydrogen) atoms. The second kappa shape index (κ2) is 7.90. The van der Waals surface area contributed by atoms with E-state index in [0.29, 0.717) is 30.4 Å². The number of nitrogens with zero attached hydrogens (tertiary/aromatic N) is 5. The number of carbonyl (C=O) groups excluding carboxylic acids is 1. The zero-order valence-electron chi connectivity index (χ0n) is 15.2. The standard InChI is InChI=1S/C18H22N6O2/c1-4-14-12(2)22-24(13(14)3)11-16(25)20-10-8-17-21-18(23-26-17)15-7-5-6-9-19-15/h5-7,9H,4,8,10-11H2,1-3H3,(H,20,25). The van der Waals surface area contributed by atoms with Gasteiger partial charge < -0.3 is 9.84 Å². The SMILES string of the molecule is CCc1c(C)nn(CC(=O)NCCc2nc(-c3ccccn3)no2)c1C. The van der Waals surface area contributed by atoms with Crippen molar-refractivity contribution in [2.75, 3.05) is 6.54 Å². The normalized spacial score (nSPS) is 10.9. The molecular formula is C18H22N6O2. The Kier molecular flexibility index (Phi) is 5.40. The van der Waals surface area contributed by atoms with Crippen LogP contribution in [0.4, 0.5) is 0 Å². The van der Waals surface area contributed by atoms with Gasteiger partial charge in [-0.25, -0.2) is 0 Å². The molecule has 0 spiro atoms. The lowest BCUT2D eigenvalue weighted by atomic mass is 10.1. The van der Waals surface area contributed by atoms with E-state index in [0.717, 1.165) is 17.8 Å². The molecule has 0 aliphatic rings. The first kappa shape index (κ1) is 17.8. The number of aromatic nitrogens is 5. The number of hydrogen-bond donors (Lipinski definition) is 1. The predicted molar refractivity (Wildman–Crippen MR) is 95.3 cm³/mol. The van der Waals surface area contributed by atoms with Gasteiger partial charge in [0.1, 0.15) is 12.2 Å². The largest absolute Gasteiger partial charge is 0.354 e. The van der Waals surface area contributed by atoms with Crippen LogP contribution in [0.3, 0.4) is 0 Å². The van der Waals surface area contributed by atoms with Gasteiger partial charge in [-0.15, -0.1) is 0 Å². The highest BCUT2D eigenvalue weighted by molar-refractivity contribution is 5.75. The van der Waals surface area contributed by atoms with Gasteiger partial charge in [-0.1, -0.05) is 18.1 Å². The molecule has 0 saturated carbocycles. The molecule has 0 aliphatic carbocycles. The second-order valence-electron chi connectivity index (χ2n) is 5.99. The molecule has 0 bridgehead atoms. The van der Waals surface area contributed by atoms with Crippen LogP contribution in [0.5, 0.6) is 0 Å². The van der Waals surface area contributed by atoms with Crippen molar-refractivity contribution in [1.29, 1.82) is 0 Å². The first-order valence-corrected chi connectivity index (χ1v) is 8.62. The summed E-state index contributed by atoms with van der Waals surface area (Å²) in [5, 5.41) is 11.2. The number of hydrogen-bond acceptors (Lipinski definition) is 6. The minimum absolute atomic E-state index is 0.0947. The molecule has 0 atom stereocenters. The van der Waals surface area contributed by atoms with Crippen LogP contribution in [0.25, 0.3) is 11.5 Å². The number of pyridine rings is 1. The lowest BCUT2D eigenvalue weighted by Crippen LogP contribution is -2.30.